The highest BCUT2D eigenvalue weighted by molar-refractivity contribution is 9.10. The van der Waals surface area contributed by atoms with E-state index in [2.05, 4.69) is 56.1 Å². The van der Waals surface area contributed by atoms with Gasteiger partial charge in [-0.2, -0.15) is 0 Å². The third-order valence-electron chi connectivity index (χ3n) is 1.66. The summed E-state index contributed by atoms with van der Waals surface area (Å²) in [7, 11) is 0. The van der Waals surface area contributed by atoms with Gasteiger partial charge in [-0.3, -0.25) is 0 Å². The molecule has 2 rings (SSSR count). The molecule has 0 N–H and O–H groups in total. The summed E-state index contributed by atoms with van der Waals surface area (Å²) in [6.45, 7) is 0. The van der Waals surface area contributed by atoms with E-state index < -0.39 is 0 Å². The summed E-state index contributed by atoms with van der Waals surface area (Å²) in [5.74, 6) is 0. The summed E-state index contributed by atoms with van der Waals surface area (Å²) < 4.78 is 2.50. The molecule has 0 fully saturated rings. The lowest BCUT2D eigenvalue weighted by atomic mass is 10.2. The topological polar surface area (TPSA) is 0 Å². The molecule has 3 heteroatoms. The Morgan fingerprint density at radius 1 is 1.25 bits per heavy atom. The first kappa shape index (κ1) is 8.73. The van der Waals surface area contributed by atoms with E-state index in [1.165, 1.54) is 15.0 Å². The Kier molecular flexibility index (Phi) is 2.53. The summed E-state index contributed by atoms with van der Waals surface area (Å²) in [6.07, 6.45) is 0. The zero-order chi connectivity index (χ0) is 8.55. The second-order valence-corrected chi connectivity index (χ2v) is 5.17. The number of benzene rings is 1. The van der Waals surface area contributed by atoms with Gasteiger partial charge in [0.05, 0.1) is 0 Å². The highest BCUT2D eigenvalue weighted by atomic mass is 79.9. The average molecular weight is 306 g/mol. The van der Waals surface area contributed by atoms with Gasteiger partial charge in [-0.15, -0.1) is 11.3 Å². The fourth-order valence-electron chi connectivity index (χ4n) is 1.14. The number of alkyl halides is 1. The third kappa shape index (κ3) is 1.58. The number of hydrogen-bond acceptors (Lipinski definition) is 1. The van der Waals surface area contributed by atoms with Crippen molar-refractivity contribution in [3.8, 4) is 0 Å². The molecule has 1 aromatic carbocycles. The van der Waals surface area contributed by atoms with Gasteiger partial charge in [0.25, 0.3) is 0 Å². The predicted molar refractivity (Wildman–Crippen MR) is 62.2 cm³/mol. The van der Waals surface area contributed by atoms with Crippen LogP contribution >= 0.6 is 43.2 Å². The lowest BCUT2D eigenvalue weighted by Gasteiger charge is -1.88. The zero-order valence-electron chi connectivity index (χ0n) is 6.18. The van der Waals surface area contributed by atoms with Crippen LogP contribution in [0, 0.1) is 0 Å². The molecule has 0 saturated heterocycles. The summed E-state index contributed by atoms with van der Waals surface area (Å²) in [4.78, 5) is 1.38. The molecule has 0 bridgehead atoms. The maximum absolute atomic E-state index is 3.46. The molecule has 0 unspecified atom stereocenters. The van der Waals surface area contributed by atoms with Crippen molar-refractivity contribution in [1.82, 2.24) is 0 Å². The lowest BCUT2D eigenvalue weighted by Crippen LogP contribution is -1.63. The van der Waals surface area contributed by atoms with E-state index in [4.69, 9.17) is 0 Å². The van der Waals surface area contributed by atoms with Crippen molar-refractivity contribution in [3.63, 3.8) is 0 Å². The summed E-state index contributed by atoms with van der Waals surface area (Å²) in [5.41, 5.74) is 0. The van der Waals surface area contributed by atoms with Crippen LogP contribution in [0.2, 0.25) is 0 Å². The van der Waals surface area contributed by atoms with Crippen molar-refractivity contribution < 1.29 is 0 Å². The van der Waals surface area contributed by atoms with Crippen molar-refractivity contribution in [2.24, 2.45) is 0 Å². The van der Waals surface area contributed by atoms with Crippen molar-refractivity contribution in [2.45, 2.75) is 5.33 Å². The number of rotatable bonds is 1. The number of fused-ring (bicyclic) bond motifs is 1. The first-order valence-corrected chi connectivity index (χ1v) is 6.26. The Hall–Kier alpha value is 0.140. The first-order chi connectivity index (χ1) is 5.79. The smallest absolute Gasteiger partial charge is 0.0377 e. The molecule has 0 nitrogen and oxygen atoms in total. The molecular weight excluding hydrogens is 300 g/mol. The van der Waals surface area contributed by atoms with Crippen LogP contribution in [0.4, 0.5) is 0 Å². The normalized spacial score (nSPS) is 10.8. The van der Waals surface area contributed by atoms with Crippen LogP contribution in [0.1, 0.15) is 4.88 Å². The monoisotopic (exact) mass is 304 g/mol. The van der Waals surface area contributed by atoms with Crippen molar-refractivity contribution in [3.05, 3.63) is 33.6 Å². The summed E-state index contributed by atoms with van der Waals surface area (Å²) >= 11 is 8.75. The lowest BCUT2D eigenvalue weighted by molar-refractivity contribution is 1.59. The zero-order valence-corrected chi connectivity index (χ0v) is 10.2. The Balaban J connectivity index is 2.67. The molecule has 12 heavy (non-hydrogen) atoms. The average Bonchev–Trinajstić information content (AvgIpc) is 2.46. The van der Waals surface area contributed by atoms with Gasteiger partial charge >= 0.3 is 0 Å². The van der Waals surface area contributed by atoms with Crippen LogP contribution in [-0.2, 0) is 5.33 Å². The van der Waals surface area contributed by atoms with E-state index in [0.717, 1.165) is 9.80 Å². The Morgan fingerprint density at radius 2 is 2.08 bits per heavy atom. The standard InChI is InChI=1S/C9H6Br2S/c10-5-8-4-6-3-7(11)1-2-9(6)12-8/h1-4H,5H2. The first-order valence-electron chi connectivity index (χ1n) is 3.53. The molecule has 0 spiro atoms. The van der Waals surface area contributed by atoms with Gasteiger partial charge in [-0.1, -0.05) is 31.9 Å². The van der Waals surface area contributed by atoms with Gasteiger partial charge in [-0.25, -0.2) is 0 Å². The van der Waals surface area contributed by atoms with Crippen LogP contribution in [-0.4, -0.2) is 0 Å². The molecule has 0 atom stereocenters. The minimum atomic E-state index is 0.948. The number of thiophene rings is 1. The van der Waals surface area contributed by atoms with Gasteiger partial charge in [0.15, 0.2) is 0 Å². The van der Waals surface area contributed by atoms with Crippen LogP contribution in [0.5, 0.6) is 0 Å². The van der Waals surface area contributed by atoms with Crippen molar-refractivity contribution >= 4 is 53.3 Å². The molecule has 0 saturated carbocycles. The molecule has 0 aliphatic carbocycles. The van der Waals surface area contributed by atoms with E-state index >= 15 is 0 Å². The molecule has 1 aromatic heterocycles. The second-order valence-electron chi connectivity index (χ2n) is 2.53. The van der Waals surface area contributed by atoms with Crippen LogP contribution in [0.15, 0.2) is 28.7 Å². The predicted octanol–water partition coefficient (Wildman–Crippen LogP) is 4.56. The van der Waals surface area contributed by atoms with E-state index in [1.54, 1.807) is 0 Å². The maximum atomic E-state index is 3.46. The molecule has 0 aliphatic rings. The summed E-state index contributed by atoms with van der Waals surface area (Å²) in [5, 5.41) is 2.27. The minimum absolute atomic E-state index is 0.948. The van der Waals surface area contributed by atoms with Crippen molar-refractivity contribution in [2.75, 3.05) is 0 Å². The quantitative estimate of drug-likeness (QED) is 0.678. The molecule has 2 aromatic rings. The van der Waals surface area contributed by atoms with Gasteiger partial charge < -0.3 is 0 Å². The maximum Gasteiger partial charge on any atom is 0.0377 e. The SMILES string of the molecule is BrCc1cc2cc(Br)ccc2s1. The van der Waals surface area contributed by atoms with Crippen LogP contribution in [0.25, 0.3) is 10.1 Å². The number of halogens is 2. The molecular formula is C9H6Br2S. The highest BCUT2D eigenvalue weighted by Gasteiger charge is 1.99. The molecule has 0 radical (unpaired) electrons. The fraction of sp³-hybridized carbons (Fsp3) is 0.111. The van der Waals surface area contributed by atoms with Gasteiger partial charge in [0.1, 0.15) is 0 Å². The van der Waals surface area contributed by atoms with Gasteiger partial charge in [0, 0.05) is 19.4 Å². The molecule has 0 amide bonds. The molecule has 0 aliphatic heterocycles. The van der Waals surface area contributed by atoms with Crippen molar-refractivity contribution in [1.29, 1.82) is 0 Å². The fourth-order valence-corrected chi connectivity index (χ4v) is 2.91. The van der Waals surface area contributed by atoms with Crippen LogP contribution in [0.3, 0.4) is 0 Å². The largest absolute Gasteiger partial charge is 0.139 e. The van der Waals surface area contributed by atoms with Crippen LogP contribution < -0.4 is 0 Å². The van der Waals surface area contributed by atoms with E-state index in [1.807, 2.05) is 11.3 Å². The van der Waals surface area contributed by atoms with Gasteiger partial charge in [-0.05, 0) is 29.7 Å². The molecule has 1 heterocycles. The van der Waals surface area contributed by atoms with Gasteiger partial charge in [0.2, 0.25) is 0 Å². The highest BCUT2D eigenvalue weighted by Crippen LogP contribution is 2.29. The third-order valence-corrected chi connectivity index (χ3v) is 4.25. The Bertz CT molecular complexity index is 406. The minimum Gasteiger partial charge on any atom is -0.139 e. The number of hydrogen-bond donors (Lipinski definition) is 0. The Labute approximate surface area is 91.9 Å². The molecule has 62 valence electrons. The Morgan fingerprint density at radius 3 is 2.83 bits per heavy atom. The van der Waals surface area contributed by atoms with E-state index in [9.17, 15) is 0 Å². The second kappa shape index (κ2) is 3.48. The van der Waals surface area contributed by atoms with E-state index in [-0.39, 0.29) is 0 Å². The summed E-state index contributed by atoms with van der Waals surface area (Å²) in [6, 6.07) is 8.60. The van der Waals surface area contributed by atoms with E-state index in [0.29, 0.717) is 0 Å².